The predicted octanol–water partition coefficient (Wildman–Crippen LogP) is 2.32. The summed E-state index contributed by atoms with van der Waals surface area (Å²) in [4.78, 5) is 11.0. The smallest absolute Gasteiger partial charge is 0.129 e. The molecule has 0 saturated carbocycles. The Morgan fingerprint density at radius 1 is 1.44 bits per heavy atom. The molecule has 1 aromatic rings. The zero-order chi connectivity index (χ0) is 13.0. The average Bonchev–Trinajstić information content (AvgIpc) is 2.35. The lowest BCUT2D eigenvalue weighted by Gasteiger charge is -2.35. The van der Waals surface area contributed by atoms with Gasteiger partial charge in [0.2, 0.25) is 0 Å². The first-order valence-electron chi connectivity index (χ1n) is 6.96. The van der Waals surface area contributed by atoms with Crippen LogP contribution in [0.2, 0.25) is 0 Å². The van der Waals surface area contributed by atoms with Crippen molar-refractivity contribution in [2.45, 2.75) is 51.6 Å². The molecule has 0 radical (unpaired) electrons. The minimum atomic E-state index is 0.542. The van der Waals surface area contributed by atoms with Crippen LogP contribution in [0.1, 0.15) is 38.8 Å². The van der Waals surface area contributed by atoms with E-state index in [0.717, 1.165) is 30.9 Å². The summed E-state index contributed by atoms with van der Waals surface area (Å²) in [6.45, 7) is 5.62. The fraction of sp³-hybridized carbons (Fsp3) is 0.714. The third kappa shape index (κ3) is 3.42. The van der Waals surface area contributed by atoms with Crippen molar-refractivity contribution >= 4 is 5.82 Å². The van der Waals surface area contributed by atoms with Crippen LogP contribution < -0.4 is 5.32 Å². The lowest BCUT2D eigenvalue weighted by molar-refractivity contribution is 0.190. The number of likely N-dealkylation sites (tertiary alicyclic amines) is 1. The zero-order valence-electron chi connectivity index (χ0n) is 11.7. The van der Waals surface area contributed by atoms with Crippen LogP contribution in [-0.2, 0) is 6.42 Å². The first kappa shape index (κ1) is 13.3. The molecule has 1 aliphatic heterocycles. The molecule has 1 aliphatic rings. The highest BCUT2D eigenvalue weighted by atomic mass is 15.2. The van der Waals surface area contributed by atoms with E-state index in [1.165, 1.54) is 12.8 Å². The highest BCUT2D eigenvalue weighted by Gasteiger charge is 2.22. The molecular formula is C14H24N4. The minimum absolute atomic E-state index is 0.542. The number of hydrogen-bond donors (Lipinski definition) is 1. The minimum Gasteiger partial charge on any atom is -0.367 e. The number of nitrogens with zero attached hydrogens (tertiary/aromatic N) is 3. The predicted molar refractivity (Wildman–Crippen MR) is 74.8 cm³/mol. The van der Waals surface area contributed by atoms with Crippen LogP contribution in [0.4, 0.5) is 5.82 Å². The Morgan fingerprint density at radius 2 is 2.28 bits per heavy atom. The van der Waals surface area contributed by atoms with E-state index in [0.29, 0.717) is 12.1 Å². The monoisotopic (exact) mass is 248 g/mol. The summed E-state index contributed by atoms with van der Waals surface area (Å²) < 4.78 is 0. The molecule has 0 spiro atoms. The molecule has 2 unspecified atom stereocenters. The van der Waals surface area contributed by atoms with Crippen LogP contribution in [0, 0.1) is 0 Å². The molecule has 0 amide bonds. The number of aryl methyl sites for hydroxylation is 1. The van der Waals surface area contributed by atoms with Crippen molar-refractivity contribution in [2.75, 3.05) is 18.9 Å². The highest BCUT2D eigenvalue weighted by molar-refractivity contribution is 5.36. The van der Waals surface area contributed by atoms with Crippen molar-refractivity contribution < 1.29 is 0 Å². The summed E-state index contributed by atoms with van der Waals surface area (Å²) in [7, 11) is 2.20. The Labute approximate surface area is 110 Å². The highest BCUT2D eigenvalue weighted by Crippen LogP contribution is 2.19. The molecule has 1 saturated heterocycles. The first-order valence-corrected chi connectivity index (χ1v) is 6.96. The summed E-state index contributed by atoms with van der Waals surface area (Å²) in [5, 5.41) is 3.55. The number of aromatic nitrogens is 2. The van der Waals surface area contributed by atoms with Crippen LogP contribution >= 0.6 is 0 Å². The summed E-state index contributed by atoms with van der Waals surface area (Å²) >= 11 is 0. The van der Waals surface area contributed by atoms with E-state index in [1.54, 1.807) is 6.33 Å². The summed E-state index contributed by atoms with van der Waals surface area (Å²) in [6, 6.07) is 3.28. The summed E-state index contributed by atoms with van der Waals surface area (Å²) in [6.07, 6.45) is 6.20. The second kappa shape index (κ2) is 6.14. The molecule has 100 valence electrons. The number of piperidine rings is 1. The molecule has 2 rings (SSSR count). The van der Waals surface area contributed by atoms with Gasteiger partial charge < -0.3 is 10.2 Å². The van der Waals surface area contributed by atoms with E-state index >= 15 is 0 Å². The van der Waals surface area contributed by atoms with Gasteiger partial charge in [-0.3, -0.25) is 0 Å². The van der Waals surface area contributed by atoms with E-state index in [1.807, 2.05) is 0 Å². The molecule has 1 fully saturated rings. The quantitative estimate of drug-likeness (QED) is 0.888. The molecule has 18 heavy (non-hydrogen) atoms. The SMILES string of the molecule is CCCc1cc(NC2CCN(C)C(C)C2)ncn1. The van der Waals surface area contributed by atoms with Crippen molar-refractivity contribution in [1.29, 1.82) is 0 Å². The molecule has 0 bridgehead atoms. The third-order valence-corrected chi connectivity index (χ3v) is 3.79. The Morgan fingerprint density at radius 3 is 3.00 bits per heavy atom. The fourth-order valence-electron chi connectivity index (χ4n) is 2.50. The van der Waals surface area contributed by atoms with Gasteiger partial charge in [-0.05, 0) is 33.2 Å². The van der Waals surface area contributed by atoms with Crippen LogP contribution in [0.25, 0.3) is 0 Å². The average molecular weight is 248 g/mol. The van der Waals surface area contributed by atoms with Crippen LogP contribution in [0.5, 0.6) is 0 Å². The molecule has 2 atom stereocenters. The molecule has 1 N–H and O–H groups in total. The van der Waals surface area contributed by atoms with Gasteiger partial charge in [-0.1, -0.05) is 13.3 Å². The van der Waals surface area contributed by atoms with Gasteiger partial charge in [0.1, 0.15) is 12.1 Å². The number of nitrogens with one attached hydrogen (secondary N) is 1. The van der Waals surface area contributed by atoms with Gasteiger partial charge in [-0.2, -0.15) is 0 Å². The van der Waals surface area contributed by atoms with Gasteiger partial charge in [-0.15, -0.1) is 0 Å². The van der Waals surface area contributed by atoms with Crippen LogP contribution in [0.3, 0.4) is 0 Å². The zero-order valence-corrected chi connectivity index (χ0v) is 11.7. The van der Waals surface area contributed by atoms with E-state index in [9.17, 15) is 0 Å². The number of rotatable bonds is 4. The molecule has 4 heteroatoms. The van der Waals surface area contributed by atoms with Crippen LogP contribution in [-0.4, -0.2) is 40.5 Å². The second-order valence-electron chi connectivity index (χ2n) is 5.34. The van der Waals surface area contributed by atoms with Gasteiger partial charge in [0, 0.05) is 30.4 Å². The molecule has 0 aliphatic carbocycles. The number of anilines is 1. The lowest BCUT2D eigenvalue weighted by atomic mass is 9.99. The van der Waals surface area contributed by atoms with Crippen molar-refractivity contribution in [2.24, 2.45) is 0 Å². The van der Waals surface area contributed by atoms with Gasteiger partial charge in [0.05, 0.1) is 0 Å². The van der Waals surface area contributed by atoms with Gasteiger partial charge >= 0.3 is 0 Å². The summed E-state index contributed by atoms with van der Waals surface area (Å²) in [5.41, 5.74) is 1.14. The van der Waals surface area contributed by atoms with Crippen molar-refractivity contribution in [3.63, 3.8) is 0 Å². The molecule has 4 nitrogen and oxygen atoms in total. The Bertz CT molecular complexity index is 380. The van der Waals surface area contributed by atoms with Gasteiger partial charge in [0.15, 0.2) is 0 Å². The van der Waals surface area contributed by atoms with Crippen molar-refractivity contribution in [3.05, 3.63) is 18.1 Å². The van der Waals surface area contributed by atoms with Crippen LogP contribution in [0.15, 0.2) is 12.4 Å². The van der Waals surface area contributed by atoms with Crippen molar-refractivity contribution in [3.8, 4) is 0 Å². The maximum absolute atomic E-state index is 4.32. The standard InChI is InChI=1S/C14H24N4/c1-4-5-12-9-14(16-10-15-12)17-13-6-7-18(3)11(2)8-13/h9-11,13H,4-8H2,1-3H3,(H,15,16,17). The van der Waals surface area contributed by atoms with Gasteiger partial charge in [-0.25, -0.2) is 9.97 Å². The van der Waals surface area contributed by atoms with E-state index in [4.69, 9.17) is 0 Å². The maximum Gasteiger partial charge on any atom is 0.129 e. The second-order valence-corrected chi connectivity index (χ2v) is 5.34. The topological polar surface area (TPSA) is 41.0 Å². The largest absolute Gasteiger partial charge is 0.367 e. The van der Waals surface area contributed by atoms with E-state index < -0.39 is 0 Å². The molecular weight excluding hydrogens is 224 g/mol. The van der Waals surface area contributed by atoms with Crippen molar-refractivity contribution in [1.82, 2.24) is 14.9 Å². The Kier molecular flexibility index (Phi) is 4.53. The van der Waals surface area contributed by atoms with E-state index in [-0.39, 0.29) is 0 Å². The normalized spacial score (nSPS) is 25.1. The first-order chi connectivity index (χ1) is 8.69. The number of hydrogen-bond acceptors (Lipinski definition) is 4. The Balaban J connectivity index is 1.94. The summed E-state index contributed by atoms with van der Waals surface area (Å²) in [5.74, 6) is 0.982. The van der Waals surface area contributed by atoms with Gasteiger partial charge in [0.25, 0.3) is 0 Å². The Hall–Kier alpha value is -1.16. The lowest BCUT2D eigenvalue weighted by Crippen LogP contribution is -2.42. The maximum atomic E-state index is 4.32. The third-order valence-electron chi connectivity index (χ3n) is 3.79. The molecule has 1 aromatic heterocycles. The molecule has 2 heterocycles. The van der Waals surface area contributed by atoms with E-state index in [2.05, 4.69) is 47.1 Å². The fourth-order valence-corrected chi connectivity index (χ4v) is 2.50. The molecule has 0 aromatic carbocycles.